The largest absolute Gasteiger partial charge is 0.370 e. The third-order valence-corrected chi connectivity index (χ3v) is 5.70. The summed E-state index contributed by atoms with van der Waals surface area (Å²) in [6, 6.07) is 6.61. The van der Waals surface area contributed by atoms with Gasteiger partial charge in [0, 0.05) is 50.5 Å². The van der Waals surface area contributed by atoms with Crippen LogP contribution < -0.4 is 4.90 Å². The lowest BCUT2D eigenvalue weighted by Gasteiger charge is -2.23. The van der Waals surface area contributed by atoms with Crippen LogP contribution in [0.4, 0.5) is 10.1 Å². The third kappa shape index (κ3) is 5.37. The maximum absolute atomic E-state index is 13.2. The normalized spacial score (nSPS) is 15.1. The SMILES string of the molecule is Cc1nn(CC(C)C)c(C)c1CCC(=O)N1CCCN(c2ccc(F)cc2)CC1. The molecule has 29 heavy (non-hydrogen) atoms. The summed E-state index contributed by atoms with van der Waals surface area (Å²) in [5, 5.41) is 4.66. The van der Waals surface area contributed by atoms with Gasteiger partial charge in [-0.05, 0) is 62.4 Å². The van der Waals surface area contributed by atoms with E-state index in [1.54, 1.807) is 0 Å². The number of hydrogen-bond acceptors (Lipinski definition) is 3. The highest BCUT2D eigenvalue weighted by Gasteiger charge is 2.21. The molecule has 0 radical (unpaired) electrons. The Hall–Kier alpha value is -2.37. The van der Waals surface area contributed by atoms with E-state index in [0.717, 1.165) is 50.4 Å². The fourth-order valence-corrected chi connectivity index (χ4v) is 4.09. The maximum atomic E-state index is 13.2. The van der Waals surface area contributed by atoms with Gasteiger partial charge >= 0.3 is 0 Å². The van der Waals surface area contributed by atoms with E-state index in [4.69, 9.17) is 0 Å². The van der Waals surface area contributed by atoms with E-state index in [2.05, 4.69) is 35.5 Å². The minimum atomic E-state index is -0.220. The molecule has 0 saturated carbocycles. The molecule has 1 aromatic carbocycles. The van der Waals surface area contributed by atoms with Crippen molar-refractivity contribution in [3.63, 3.8) is 0 Å². The highest BCUT2D eigenvalue weighted by atomic mass is 19.1. The van der Waals surface area contributed by atoms with E-state index < -0.39 is 0 Å². The Morgan fingerprint density at radius 1 is 1.10 bits per heavy atom. The lowest BCUT2D eigenvalue weighted by Crippen LogP contribution is -2.35. The molecule has 0 atom stereocenters. The predicted octanol–water partition coefficient (Wildman–Crippen LogP) is 3.97. The van der Waals surface area contributed by atoms with Crippen molar-refractivity contribution >= 4 is 11.6 Å². The fourth-order valence-electron chi connectivity index (χ4n) is 4.09. The molecule has 0 spiro atoms. The van der Waals surface area contributed by atoms with Gasteiger partial charge in [-0.1, -0.05) is 13.8 Å². The van der Waals surface area contributed by atoms with Crippen LogP contribution in [0.25, 0.3) is 0 Å². The summed E-state index contributed by atoms with van der Waals surface area (Å²) in [6.07, 6.45) is 2.19. The van der Waals surface area contributed by atoms with Crippen LogP contribution in [0.5, 0.6) is 0 Å². The van der Waals surface area contributed by atoms with Gasteiger partial charge in [0.2, 0.25) is 5.91 Å². The molecule has 1 amide bonds. The number of benzene rings is 1. The lowest BCUT2D eigenvalue weighted by molar-refractivity contribution is -0.130. The first-order valence-corrected chi connectivity index (χ1v) is 10.7. The molecule has 1 fully saturated rings. The molecule has 2 aromatic rings. The molecule has 1 aliphatic heterocycles. The number of halogens is 1. The van der Waals surface area contributed by atoms with Crippen LogP contribution in [0.1, 0.15) is 43.6 Å². The fraction of sp³-hybridized carbons (Fsp3) is 0.565. The van der Waals surface area contributed by atoms with Gasteiger partial charge in [0.05, 0.1) is 5.69 Å². The van der Waals surface area contributed by atoms with Crippen LogP contribution in [0, 0.1) is 25.6 Å². The third-order valence-electron chi connectivity index (χ3n) is 5.70. The second-order valence-corrected chi connectivity index (χ2v) is 8.42. The Kier molecular flexibility index (Phi) is 6.93. The molecular formula is C23H33FN4O. The van der Waals surface area contributed by atoms with Gasteiger partial charge in [0.15, 0.2) is 0 Å². The monoisotopic (exact) mass is 400 g/mol. The maximum Gasteiger partial charge on any atom is 0.222 e. The molecule has 6 heteroatoms. The molecule has 0 N–H and O–H groups in total. The molecule has 0 bridgehead atoms. The van der Waals surface area contributed by atoms with Crippen molar-refractivity contribution in [2.24, 2.45) is 5.92 Å². The number of hydrogen-bond donors (Lipinski definition) is 0. The summed E-state index contributed by atoms with van der Waals surface area (Å²) in [5.74, 6) is 0.535. The van der Waals surface area contributed by atoms with Crippen LogP contribution in [0.3, 0.4) is 0 Å². The number of aryl methyl sites for hydroxylation is 1. The number of carbonyl (C=O) groups is 1. The van der Waals surface area contributed by atoms with Gasteiger partial charge in [-0.15, -0.1) is 0 Å². The summed E-state index contributed by atoms with van der Waals surface area (Å²) < 4.78 is 15.2. The molecule has 0 aliphatic carbocycles. The molecule has 3 rings (SSSR count). The summed E-state index contributed by atoms with van der Waals surface area (Å²) in [6.45, 7) is 12.6. The highest BCUT2D eigenvalue weighted by Crippen LogP contribution is 2.19. The van der Waals surface area contributed by atoms with Gasteiger partial charge in [-0.2, -0.15) is 5.10 Å². The smallest absolute Gasteiger partial charge is 0.222 e. The van der Waals surface area contributed by atoms with E-state index in [0.29, 0.717) is 18.9 Å². The second kappa shape index (κ2) is 9.42. The number of carbonyl (C=O) groups excluding carboxylic acids is 1. The van der Waals surface area contributed by atoms with Gasteiger partial charge < -0.3 is 9.80 Å². The second-order valence-electron chi connectivity index (χ2n) is 8.42. The standard InChI is InChI=1S/C23H33FN4O/c1-17(2)16-28-19(4)22(18(3)25-28)10-11-23(29)27-13-5-12-26(14-15-27)21-8-6-20(24)7-9-21/h6-9,17H,5,10-16H2,1-4H3. The Labute approximate surface area is 173 Å². The van der Waals surface area contributed by atoms with Crippen molar-refractivity contribution in [2.75, 3.05) is 31.1 Å². The van der Waals surface area contributed by atoms with Crippen LogP contribution in [0.15, 0.2) is 24.3 Å². The van der Waals surface area contributed by atoms with E-state index in [1.807, 2.05) is 24.0 Å². The van der Waals surface area contributed by atoms with Crippen LogP contribution in [-0.4, -0.2) is 46.8 Å². The summed E-state index contributed by atoms with van der Waals surface area (Å²) >= 11 is 0. The number of amides is 1. The summed E-state index contributed by atoms with van der Waals surface area (Å²) in [5.41, 5.74) is 4.45. The van der Waals surface area contributed by atoms with Gasteiger partial charge in [-0.25, -0.2) is 4.39 Å². The Balaban J connectivity index is 1.56. The van der Waals surface area contributed by atoms with Crippen molar-refractivity contribution in [2.45, 2.75) is 53.5 Å². The van der Waals surface area contributed by atoms with Crippen molar-refractivity contribution in [1.82, 2.24) is 14.7 Å². The van der Waals surface area contributed by atoms with Crippen molar-refractivity contribution in [3.05, 3.63) is 47.0 Å². The minimum absolute atomic E-state index is 0.210. The average Bonchev–Trinajstić information content (AvgIpc) is 2.85. The molecular weight excluding hydrogens is 367 g/mol. The van der Waals surface area contributed by atoms with E-state index in [1.165, 1.54) is 23.4 Å². The Morgan fingerprint density at radius 3 is 2.52 bits per heavy atom. The predicted molar refractivity (Wildman–Crippen MR) is 115 cm³/mol. The number of aromatic nitrogens is 2. The van der Waals surface area contributed by atoms with Gasteiger partial charge in [0.25, 0.3) is 0 Å². The average molecular weight is 401 g/mol. The molecule has 158 valence electrons. The number of anilines is 1. The van der Waals surface area contributed by atoms with Crippen LogP contribution in [-0.2, 0) is 17.8 Å². The summed E-state index contributed by atoms with van der Waals surface area (Å²) in [7, 11) is 0. The molecule has 5 nitrogen and oxygen atoms in total. The quantitative estimate of drug-likeness (QED) is 0.737. The molecule has 2 heterocycles. The molecule has 1 saturated heterocycles. The summed E-state index contributed by atoms with van der Waals surface area (Å²) in [4.78, 5) is 17.1. The van der Waals surface area contributed by atoms with Crippen molar-refractivity contribution in [3.8, 4) is 0 Å². The van der Waals surface area contributed by atoms with Crippen molar-refractivity contribution < 1.29 is 9.18 Å². The first-order chi connectivity index (χ1) is 13.8. The topological polar surface area (TPSA) is 41.4 Å². The van der Waals surface area contributed by atoms with Crippen LogP contribution in [0.2, 0.25) is 0 Å². The van der Waals surface area contributed by atoms with Crippen molar-refractivity contribution in [1.29, 1.82) is 0 Å². The Bertz CT molecular complexity index is 828. The number of nitrogens with zero attached hydrogens (tertiary/aromatic N) is 4. The van der Waals surface area contributed by atoms with Crippen LogP contribution >= 0.6 is 0 Å². The molecule has 1 aliphatic rings. The first kappa shape index (κ1) is 21.3. The lowest BCUT2D eigenvalue weighted by atomic mass is 10.1. The number of rotatable bonds is 6. The first-order valence-electron chi connectivity index (χ1n) is 10.7. The molecule has 1 aromatic heterocycles. The van der Waals surface area contributed by atoms with E-state index >= 15 is 0 Å². The van der Waals surface area contributed by atoms with Gasteiger partial charge in [-0.3, -0.25) is 9.48 Å². The zero-order chi connectivity index (χ0) is 21.0. The van der Waals surface area contributed by atoms with E-state index in [9.17, 15) is 9.18 Å². The van der Waals surface area contributed by atoms with E-state index in [-0.39, 0.29) is 11.7 Å². The zero-order valence-electron chi connectivity index (χ0n) is 18.1. The highest BCUT2D eigenvalue weighted by molar-refractivity contribution is 5.76. The zero-order valence-corrected chi connectivity index (χ0v) is 18.1. The minimum Gasteiger partial charge on any atom is -0.370 e. The van der Waals surface area contributed by atoms with Gasteiger partial charge in [0.1, 0.15) is 5.82 Å². The Morgan fingerprint density at radius 2 is 1.83 bits per heavy atom. The molecule has 0 unspecified atom stereocenters.